The summed E-state index contributed by atoms with van der Waals surface area (Å²) in [7, 11) is 0. The number of aryl methyl sites for hydroxylation is 1. The van der Waals surface area contributed by atoms with Gasteiger partial charge >= 0.3 is 0 Å². The van der Waals surface area contributed by atoms with Crippen molar-refractivity contribution >= 4 is 11.6 Å². The van der Waals surface area contributed by atoms with Crippen molar-refractivity contribution in [3.8, 4) is 16.9 Å². The second-order valence-electron chi connectivity index (χ2n) is 4.94. The first-order valence-corrected chi connectivity index (χ1v) is 6.82. The van der Waals surface area contributed by atoms with Gasteiger partial charge in [0.1, 0.15) is 11.9 Å². The minimum absolute atomic E-state index is 0.0660. The van der Waals surface area contributed by atoms with Gasteiger partial charge in [-0.3, -0.25) is 0 Å². The molecule has 1 aliphatic rings. The third kappa shape index (κ3) is 2.22. The highest BCUT2D eigenvalue weighted by molar-refractivity contribution is 6.31. The Morgan fingerprint density at radius 3 is 2.79 bits per heavy atom. The van der Waals surface area contributed by atoms with Crippen LogP contribution in [0, 0.1) is 6.92 Å². The van der Waals surface area contributed by atoms with Crippen molar-refractivity contribution in [2.24, 2.45) is 5.73 Å². The van der Waals surface area contributed by atoms with Crippen LogP contribution in [0.2, 0.25) is 5.02 Å². The normalized spacial score (nSPS) is 17.1. The Morgan fingerprint density at radius 1 is 1.26 bits per heavy atom. The molecular weight excluding hydrogens is 258 g/mol. The molecule has 0 saturated carbocycles. The van der Waals surface area contributed by atoms with Crippen LogP contribution in [0.5, 0.6) is 5.75 Å². The molecule has 0 spiro atoms. The number of fused-ring (bicyclic) bond motifs is 1. The van der Waals surface area contributed by atoms with E-state index >= 15 is 0 Å². The average Bonchev–Trinajstić information content (AvgIpc) is 2.81. The molecule has 2 aromatic carbocycles. The Morgan fingerprint density at radius 2 is 2.05 bits per heavy atom. The lowest BCUT2D eigenvalue weighted by atomic mass is 9.97. The number of rotatable bonds is 2. The standard InChI is InChI=1S/C16H16ClNO/c1-10-4-2-3-5-14(10)15-8-12(17)6-11-7-13(9-18)19-16(11)15/h2-6,8,13H,7,9,18H2,1H3/t13-/m0/s1. The van der Waals surface area contributed by atoms with E-state index in [0.717, 1.165) is 28.3 Å². The van der Waals surface area contributed by atoms with E-state index in [2.05, 4.69) is 19.1 Å². The Kier molecular flexibility index (Phi) is 3.21. The predicted molar refractivity (Wildman–Crippen MR) is 78.8 cm³/mol. The number of halogens is 1. The number of nitrogens with two attached hydrogens (primary N) is 1. The molecule has 0 aromatic heterocycles. The third-order valence-electron chi connectivity index (χ3n) is 3.56. The Hall–Kier alpha value is -1.51. The van der Waals surface area contributed by atoms with Gasteiger partial charge in [0, 0.05) is 23.6 Å². The van der Waals surface area contributed by atoms with Crippen LogP contribution in [0.4, 0.5) is 0 Å². The van der Waals surface area contributed by atoms with Gasteiger partial charge < -0.3 is 10.5 Å². The lowest BCUT2D eigenvalue weighted by Crippen LogP contribution is -2.24. The summed E-state index contributed by atoms with van der Waals surface area (Å²) in [6.07, 6.45) is 0.905. The molecule has 0 fully saturated rings. The zero-order valence-corrected chi connectivity index (χ0v) is 11.6. The van der Waals surface area contributed by atoms with Crippen molar-refractivity contribution in [1.82, 2.24) is 0 Å². The first kappa shape index (κ1) is 12.5. The van der Waals surface area contributed by atoms with Crippen LogP contribution < -0.4 is 10.5 Å². The highest BCUT2D eigenvalue weighted by atomic mass is 35.5. The molecule has 19 heavy (non-hydrogen) atoms. The van der Waals surface area contributed by atoms with Gasteiger partial charge in [-0.1, -0.05) is 35.9 Å². The highest BCUT2D eigenvalue weighted by Gasteiger charge is 2.25. The number of benzene rings is 2. The lowest BCUT2D eigenvalue weighted by molar-refractivity contribution is 0.242. The van der Waals surface area contributed by atoms with Crippen LogP contribution >= 0.6 is 11.6 Å². The zero-order chi connectivity index (χ0) is 13.4. The van der Waals surface area contributed by atoms with Crippen LogP contribution in [-0.2, 0) is 6.42 Å². The summed E-state index contributed by atoms with van der Waals surface area (Å²) in [5.74, 6) is 0.939. The maximum Gasteiger partial charge on any atom is 0.131 e. The fourth-order valence-electron chi connectivity index (χ4n) is 2.60. The van der Waals surface area contributed by atoms with Crippen molar-refractivity contribution in [3.63, 3.8) is 0 Å². The van der Waals surface area contributed by atoms with Crippen molar-refractivity contribution in [2.75, 3.05) is 6.54 Å². The van der Waals surface area contributed by atoms with E-state index in [1.807, 2.05) is 24.3 Å². The fraction of sp³-hybridized carbons (Fsp3) is 0.250. The molecule has 2 aromatic rings. The molecule has 1 heterocycles. The van der Waals surface area contributed by atoms with Crippen LogP contribution in [0.25, 0.3) is 11.1 Å². The molecular formula is C16H16ClNO. The first-order chi connectivity index (χ1) is 9.19. The molecule has 1 aliphatic heterocycles. The summed E-state index contributed by atoms with van der Waals surface area (Å²) in [5, 5.41) is 0.748. The topological polar surface area (TPSA) is 35.2 Å². The molecule has 3 rings (SSSR count). The predicted octanol–water partition coefficient (Wildman–Crippen LogP) is 3.58. The number of hydrogen-bond donors (Lipinski definition) is 1. The second kappa shape index (κ2) is 4.87. The molecule has 0 aliphatic carbocycles. The molecule has 0 unspecified atom stereocenters. The minimum Gasteiger partial charge on any atom is -0.488 e. The van der Waals surface area contributed by atoms with Crippen molar-refractivity contribution in [1.29, 1.82) is 0 Å². The number of ether oxygens (including phenoxy) is 1. The zero-order valence-electron chi connectivity index (χ0n) is 10.8. The minimum atomic E-state index is 0.0660. The second-order valence-corrected chi connectivity index (χ2v) is 5.37. The van der Waals surface area contributed by atoms with Crippen LogP contribution in [0.15, 0.2) is 36.4 Å². The summed E-state index contributed by atoms with van der Waals surface area (Å²) in [4.78, 5) is 0. The van der Waals surface area contributed by atoms with Gasteiger partial charge in [-0.15, -0.1) is 0 Å². The van der Waals surface area contributed by atoms with Gasteiger partial charge in [-0.25, -0.2) is 0 Å². The van der Waals surface area contributed by atoms with Crippen LogP contribution in [0.3, 0.4) is 0 Å². The largest absolute Gasteiger partial charge is 0.488 e. The Labute approximate surface area is 118 Å². The van der Waals surface area contributed by atoms with Crippen molar-refractivity contribution < 1.29 is 4.74 Å². The smallest absolute Gasteiger partial charge is 0.131 e. The van der Waals surface area contributed by atoms with Crippen molar-refractivity contribution in [3.05, 3.63) is 52.5 Å². The molecule has 3 heteroatoms. The van der Waals surface area contributed by atoms with E-state index in [-0.39, 0.29) is 6.10 Å². The van der Waals surface area contributed by atoms with E-state index in [9.17, 15) is 0 Å². The van der Waals surface area contributed by atoms with Crippen LogP contribution in [-0.4, -0.2) is 12.6 Å². The SMILES string of the molecule is Cc1ccccc1-c1cc(Cl)cc2c1O[C@H](CN)C2. The molecule has 0 bridgehead atoms. The van der Waals surface area contributed by atoms with Crippen molar-refractivity contribution in [2.45, 2.75) is 19.4 Å². The molecule has 98 valence electrons. The van der Waals surface area contributed by atoms with Crippen LogP contribution in [0.1, 0.15) is 11.1 Å². The van der Waals surface area contributed by atoms with Gasteiger partial charge in [0.25, 0.3) is 0 Å². The monoisotopic (exact) mass is 273 g/mol. The first-order valence-electron chi connectivity index (χ1n) is 6.44. The molecule has 0 saturated heterocycles. The Balaban J connectivity index is 2.16. The summed E-state index contributed by atoms with van der Waals surface area (Å²) < 4.78 is 5.97. The van der Waals surface area contributed by atoms with Gasteiger partial charge in [-0.2, -0.15) is 0 Å². The quantitative estimate of drug-likeness (QED) is 0.908. The maximum absolute atomic E-state index is 6.23. The van der Waals surface area contributed by atoms with Gasteiger partial charge in [0.05, 0.1) is 0 Å². The highest BCUT2D eigenvalue weighted by Crippen LogP contribution is 2.41. The fourth-order valence-corrected chi connectivity index (χ4v) is 2.84. The summed E-state index contributed by atoms with van der Waals surface area (Å²) in [5.41, 5.74) is 10.3. The third-order valence-corrected chi connectivity index (χ3v) is 3.78. The molecule has 0 amide bonds. The molecule has 1 atom stereocenters. The summed E-state index contributed by atoms with van der Waals surface area (Å²) in [6.45, 7) is 2.62. The van der Waals surface area contributed by atoms with E-state index in [1.54, 1.807) is 0 Å². The summed E-state index contributed by atoms with van der Waals surface area (Å²) in [6, 6.07) is 12.2. The Bertz CT molecular complexity index is 624. The molecule has 0 radical (unpaired) electrons. The number of hydrogen-bond acceptors (Lipinski definition) is 2. The summed E-state index contributed by atoms with van der Waals surface area (Å²) >= 11 is 6.23. The van der Waals surface area contributed by atoms with Gasteiger partial charge in [0.15, 0.2) is 0 Å². The van der Waals surface area contributed by atoms with Gasteiger partial charge in [0.2, 0.25) is 0 Å². The average molecular weight is 274 g/mol. The molecule has 2 nitrogen and oxygen atoms in total. The van der Waals surface area contributed by atoms with E-state index in [4.69, 9.17) is 22.1 Å². The lowest BCUT2D eigenvalue weighted by Gasteiger charge is -2.13. The van der Waals surface area contributed by atoms with E-state index in [1.165, 1.54) is 11.1 Å². The van der Waals surface area contributed by atoms with E-state index in [0.29, 0.717) is 6.54 Å². The van der Waals surface area contributed by atoms with Gasteiger partial charge in [-0.05, 0) is 35.7 Å². The van der Waals surface area contributed by atoms with E-state index < -0.39 is 0 Å². The molecule has 2 N–H and O–H groups in total. The maximum atomic E-state index is 6.23.